The molecule has 1 aromatic heterocycles. The fourth-order valence-electron chi connectivity index (χ4n) is 1.79. The molecular formula is C13H24N2S. The molecule has 0 radical (unpaired) electrons. The minimum Gasteiger partial charge on any atom is -0.309 e. The lowest BCUT2D eigenvalue weighted by atomic mass is 10.1. The highest BCUT2D eigenvalue weighted by Gasteiger charge is 2.14. The molecule has 0 saturated heterocycles. The van der Waals surface area contributed by atoms with Gasteiger partial charge in [0, 0.05) is 23.0 Å². The van der Waals surface area contributed by atoms with E-state index >= 15 is 0 Å². The van der Waals surface area contributed by atoms with Crippen LogP contribution in [-0.2, 0) is 0 Å². The van der Waals surface area contributed by atoms with Gasteiger partial charge in [0.1, 0.15) is 0 Å². The average Bonchev–Trinajstić information content (AvgIpc) is 2.77. The van der Waals surface area contributed by atoms with Crippen molar-refractivity contribution in [3.8, 4) is 0 Å². The number of nitrogens with zero attached hydrogens (tertiary/aromatic N) is 1. The zero-order valence-electron chi connectivity index (χ0n) is 10.9. The molecule has 1 rings (SSSR count). The summed E-state index contributed by atoms with van der Waals surface area (Å²) < 4.78 is 0. The summed E-state index contributed by atoms with van der Waals surface area (Å²) in [5.74, 6) is 0.650. The first kappa shape index (κ1) is 13.7. The van der Waals surface area contributed by atoms with Crippen molar-refractivity contribution in [1.29, 1.82) is 0 Å². The Balaban J connectivity index is 2.62. The molecule has 1 N–H and O–H groups in total. The Hall–Kier alpha value is -0.410. The van der Waals surface area contributed by atoms with Crippen molar-refractivity contribution in [3.05, 3.63) is 16.1 Å². The molecule has 0 spiro atoms. The Morgan fingerprint density at radius 3 is 2.56 bits per heavy atom. The first-order valence-corrected chi connectivity index (χ1v) is 7.23. The molecule has 1 aromatic rings. The quantitative estimate of drug-likeness (QED) is 0.776. The summed E-state index contributed by atoms with van der Waals surface area (Å²) in [4.78, 5) is 5.94. The first-order valence-electron chi connectivity index (χ1n) is 6.41. The highest BCUT2D eigenvalue weighted by atomic mass is 32.1. The van der Waals surface area contributed by atoms with Crippen LogP contribution in [0.25, 0.3) is 0 Å². The van der Waals surface area contributed by atoms with Crippen LogP contribution in [0.15, 0.2) is 6.20 Å². The van der Waals surface area contributed by atoms with E-state index in [1.165, 1.54) is 29.1 Å². The number of hydrogen-bond donors (Lipinski definition) is 1. The predicted octanol–water partition coefficient (Wildman–Crippen LogP) is 4.11. The van der Waals surface area contributed by atoms with Gasteiger partial charge < -0.3 is 5.32 Å². The molecular weight excluding hydrogens is 216 g/mol. The molecule has 2 nitrogen and oxygen atoms in total. The third kappa shape index (κ3) is 3.56. The van der Waals surface area contributed by atoms with E-state index in [4.69, 9.17) is 0 Å². The van der Waals surface area contributed by atoms with Gasteiger partial charge in [-0.15, -0.1) is 11.3 Å². The number of thiazole rings is 1. The Kier molecular flexibility index (Phi) is 5.99. The standard InChI is InChI=1S/C13H24N2S/c1-5-8-14-10(4)12-9-15-13(16-12)11(6-2)7-3/h9-11,14H,5-8H2,1-4H3. The normalized spacial score (nSPS) is 13.3. The van der Waals surface area contributed by atoms with Gasteiger partial charge in [-0.3, -0.25) is 0 Å². The summed E-state index contributed by atoms with van der Waals surface area (Å²) >= 11 is 1.88. The number of aromatic nitrogens is 1. The Morgan fingerprint density at radius 2 is 2.00 bits per heavy atom. The molecule has 3 heteroatoms. The predicted molar refractivity (Wildman–Crippen MR) is 72.1 cm³/mol. The molecule has 0 bridgehead atoms. The lowest BCUT2D eigenvalue weighted by molar-refractivity contribution is 0.577. The second kappa shape index (κ2) is 7.02. The van der Waals surface area contributed by atoms with Crippen molar-refractivity contribution in [3.63, 3.8) is 0 Å². The number of nitrogens with one attached hydrogen (secondary N) is 1. The monoisotopic (exact) mass is 240 g/mol. The van der Waals surface area contributed by atoms with Crippen LogP contribution >= 0.6 is 11.3 Å². The molecule has 1 heterocycles. The minimum absolute atomic E-state index is 0.445. The van der Waals surface area contributed by atoms with E-state index in [2.05, 4.69) is 38.0 Å². The maximum Gasteiger partial charge on any atom is 0.0958 e. The van der Waals surface area contributed by atoms with Crippen molar-refractivity contribution in [2.75, 3.05) is 6.54 Å². The summed E-state index contributed by atoms with van der Waals surface area (Å²) in [6.07, 6.45) is 5.62. The SMILES string of the molecule is CCCNC(C)c1cnc(C(CC)CC)s1. The van der Waals surface area contributed by atoms with Crippen molar-refractivity contribution in [1.82, 2.24) is 10.3 Å². The van der Waals surface area contributed by atoms with Crippen molar-refractivity contribution >= 4 is 11.3 Å². The van der Waals surface area contributed by atoms with Crippen LogP contribution in [0.4, 0.5) is 0 Å². The van der Waals surface area contributed by atoms with Crippen LogP contribution in [0.3, 0.4) is 0 Å². The van der Waals surface area contributed by atoms with Crippen LogP contribution < -0.4 is 5.32 Å². The molecule has 16 heavy (non-hydrogen) atoms. The van der Waals surface area contributed by atoms with Gasteiger partial charge in [0.05, 0.1) is 5.01 Å². The highest BCUT2D eigenvalue weighted by Crippen LogP contribution is 2.29. The molecule has 0 amide bonds. The molecule has 0 aliphatic rings. The van der Waals surface area contributed by atoms with Crippen LogP contribution in [0.1, 0.15) is 68.8 Å². The minimum atomic E-state index is 0.445. The Morgan fingerprint density at radius 1 is 1.31 bits per heavy atom. The lowest BCUT2D eigenvalue weighted by Crippen LogP contribution is -2.18. The van der Waals surface area contributed by atoms with E-state index in [1.54, 1.807) is 0 Å². The summed E-state index contributed by atoms with van der Waals surface area (Å²) in [6, 6.07) is 0.445. The molecule has 1 atom stereocenters. The van der Waals surface area contributed by atoms with Crippen LogP contribution in [-0.4, -0.2) is 11.5 Å². The van der Waals surface area contributed by atoms with Crippen LogP contribution in [0, 0.1) is 0 Å². The Labute approximate surface area is 103 Å². The lowest BCUT2D eigenvalue weighted by Gasteiger charge is -2.10. The molecule has 0 saturated carbocycles. The third-order valence-corrected chi connectivity index (χ3v) is 4.35. The largest absolute Gasteiger partial charge is 0.309 e. The van der Waals surface area contributed by atoms with E-state index in [9.17, 15) is 0 Å². The molecule has 0 aliphatic heterocycles. The van der Waals surface area contributed by atoms with Gasteiger partial charge in [-0.2, -0.15) is 0 Å². The first-order chi connectivity index (χ1) is 7.72. The van der Waals surface area contributed by atoms with Crippen molar-refractivity contribution in [2.45, 2.75) is 58.9 Å². The van der Waals surface area contributed by atoms with E-state index < -0.39 is 0 Å². The molecule has 0 aromatic carbocycles. The second-order valence-corrected chi connectivity index (χ2v) is 5.38. The zero-order valence-corrected chi connectivity index (χ0v) is 11.7. The van der Waals surface area contributed by atoms with Crippen LogP contribution in [0.2, 0.25) is 0 Å². The molecule has 0 aliphatic carbocycles. The molecule has 1 unspecified atom stereocenters. The molecule has 92 valence electrons. The van der Waals surface area contributed by atoms with Gasteiger partial charge in [0.15, 0.2) is 0 Å². The van der Waals surface area contributed by atoms with Gasteiger partial charge in [-0.1, -0.05) is 20.8 Å². The topological polar surface area (TPSA) is 24.9 Å². The maximum atomic E-state index is 4.57. The summed E-state index contributed by atoms with van der Waals surface area (Å²) in [5, 5.41) is 4.82. The fraction of sp³-hybridized carbons (Fsp3) is 0.769. The van der Waals surface area contributed by atoms with Gasteiger partial charge in [-0.25, -0.2) is 4.98 Å². The van der Waals surface area contributed by atoms with Crippen LogP contribution in [0.5, 0.6) is 0 Å². The average molecular weight is 240 g/mol. The second-order valence-electron chi connectivity index (χ2n) is 4.29. The van der Waals surface area contributed by atoms with E-state index in [0.29, 0.717) is 12.0 Å². The van der Waals surface area contributed by atoms with Gasteiger partial charge in [0.25, 0.3) is 0 Å². The van der Waals surface area contributed by atoms with Gasteiger partial charge in [-0.05, 0) is 32.7 Å². The maximum absolute atomic E-state index is 4.57. The van der Waals surface area contributed by atoms with Crippen molar-refractivity contribution in [2.24, 2.45) is 0 Å². The smallest absolute Gasteiger partial charge is 0.0958 e. The van der Waals surface area contributed by atoms with Gasteiger partial charge in [0.2, 0.25) is 0 Å². The Bertz CT molecular complexity index is 292. The molecule has 0 fully saturated rings. The third-order valence-electron chi connectivity index (χ3n) is 3.00. The fourth-order valence-corrected chi connectivity index (χ4v) is 3.00. The highest BCUT2D eigenvalue weighted by molar-refractivity contribution is 7.11. The van der Waals surface area contributed by atoms with E-state index in [1.807, 2.05) is 17.5 Å². The summed E-state index contributed by atoms with van der Waals surface area (Å²) in [5.41, 5.74) is 0. The van der Waals surface area contributed by atoms with Gasteiger partial charge >= 0.3 is 0 Å². The van der Waals surface area contributed by atoms with Crippen molar-refractivity contribution < 1.29 is 0 Å². The number of hydrogen-bond acceptors (Lipinski definition) is 3. The zero-order chi connectivity index (χ0) is 12.0. The summed E-state index contributed by atoms with van der Waals surface area (Å²) in [6.45, 7) is 9.99. The number of rotatable bonds is 7. The van der Waals surface area contributed by atoms with E-state index in [-0.39, 0.29) is 0 Å². The van der Waals surface area contributed by atoms with E-state index in [0.717, 1.165) is 6.54 Å². The summed E-state index contributed by atoms with van der Waals surface area (Å²) in [7, 11) is 0.